The highest BCUT2D eigenvalue weighted by molar-refractivity contribution is 7.83. The quantitative estimate of drug-likeness (QED) is 0.512. The fraction of sp³-hybridized carbons (Fsp3) is 0.417. The zero-order chi connectivity index (χ0) is 23.0. The molecule has 1 fully saturated rings. The molecule has 1 aliphatic rings. The van der Waals surface area contributed by atoms with Gasteiger partial charge in [-0.2, -0.15) is 5.26 Å². The molecule has 0 radical (unpaired) electrons. The maximum absolute atomic E-state index is 13.7. The number of alkyl halides is 2. The first kappa shape index (κ1) is 22.6. The number of nitrogens with zero attached hydrogens (tertiary/aromatic N) is 3. The largest absolute Gasteiger partial charge is 0.347 e. The second-order valence-electron chi connectivity index (χ2n) is 9.43. The summed E-state index contributed by atoms with van der Waals surface area (Å²) in [5.74, 6) is 0. The molecule has 2 aromatic heterocycles. The van der Waals surface area contributed by atoms with E-state index in [9.17, 15) is 18.3 Å². The smallest absolute Gasteiger partial charge is 0.264 e. The number of nitrogens with one attached hydrogen (secondary N) is 1. The second-order valence-corrected chi connectivity index (χ2v) is 11.0. The molecule has 3 aromatic rings. The summed E-state index contributed by atoms with van der Waals surface area (Å²) < 4.78 is 44.9. The van der Waals surface area contributed by atoms with Crippen molar-refractivity contribution in [2.75, 3.05) is 0 Å². The van der Waals surface area contributed by atoms with Crippen LogP contribution in [-0.2, 0) is 24.1 Å². The Kier molecular flexibility index (Phi) is 6.15. The van der Waals surface area contributed by atoms with Crippen molar-refractivity contribution in [2.45, 2.75) is 58.4 Å². The monoisotopic (exact) mass is 456 g/mol. The SMILES string of the molecule is CC(C)(C)Cn1cc(CNS(=O)C2CC2)c2ccc(-c3c(C(F)F)ccnc3C#N)cc21. The van der Waals surface area contributed by atoms with Crippen LogP contribution in [-0.4, -0.2) is 19.0 Å². The van der Waals surface area contributed by atoms with E-state index >= 15 is 0 Å². The summed E-state index contributed by atoms with van der Waals surface area (Å²) in [4.78, 5) is 4.01. The fourth-order valence-corrected chi connectivity index (χ4v) is 5.00. The van der Waals surface area contributed by atoms with Crippen molar-refractivity contribution >= 4 is 21.9 Å². The van der Waals surface area contributed by atoms with Crippen LogP contribution < -0.4 is 4.72 Å². The molecule has 1 aromatic carbocycles. The Morgan fingerprint density at radius 3 is 2.69 bits per heavy atom. The minimum Gasteiger partial charge on any atom is -0.347 e. The molecule has 2 heterocycles. The van der Waals surface area contributed by atoms with Crippen LogP contribution in [0.15, 0.2) is 36.7 Å². The van der Waals surface area contributed by atoms with E-state index in [1.165, 1.54) is 12.3 Å². The van der Waals surface area contributed by atoms with Crippen LogP contribution in [0.2, 0.25) is 0 Å². The molecular weight excluding hydrogens is 430 g/mol. The molecule has 0 spiro atoms. The summed E-state index contributed by atoms with van der Waals surface area (Å²) in [7, 11) is -1.05. The van der Waals surface area contributed by atoms with E-state index in [1.54, 1.807) is 6.07 Å². The van der Waals surface area contributed by atoms with Gasteiger partial charge in [-0.3, -0.25) is 0 Å². The van der Waals surface area contributed by atoms with Gasteiger partial charge in [0.25, 0.3) is 6.43 Å². The third kappa shape index (κ3) is 4.74. The molecule has 168 valence electrons. The van der Waals surface area contributed by atoms with Gasteiger partial charge < -0.3 is 4.57 Å². The van der Waals surface area contributed by atoms with Gasteiger partial charge in [-0.15, -0.1) is 0 Å². The highest BCUT2D eigenvalue weighted by Gasteiger charge is 2.28. The first-order valence-corrected chi connectivity index (χ1v) is 11.8. The lowest BCUT2D eigenvalue weighted by Crippen LogP contribution is -2.19. The van der Waals surface area contributed by atoms with Crippen molar-refractivity contribution in [1.82, 2.24) is 14.3 Å². The third-order valence-corrected chi connectivity index (χ3v) is 6.96. The molecule has 0 amide bonds. The molecule has 1 saturated carbocycles. The van der Waals surface area contributed by atoms with E-state index < -0.39 is 17.4 Å². The molecule has 8 heteroatoms. The van der Waals surface area contributed by atoms with Crippen molar-refractivity contribution in [1.29, 1.82) is 5.26 Å². The molecule has 5 nitrogen and oxygen atoms in total. The van der Waals surface area contributed by atoms with Gasteiger partial charge in [0, 0.05) is 52.8 Å². The molecule has 0 bridgehead atoms. The number of hydrogen-bond acceptors (Lipinski definition) is 3. The van der Waals surface area contributed by atoms with Crippen molar-refractivity contribution < 1.29 is 13.0 Å². The first-order chi connectivity index (χ1) is 15.2. The predicted octanol–water partition coefficient (Wildman–Crippen LogP) is 5.47. The molecule has 1 aliphatic carbocycles. The number of halogens is 2. The molecule has 1 unspecified atom stereocenters. The van der Waals surface area contributed by atoms with Crippen LogP contribution in [0.1, 0.15) is 56.9 Å². The molecule has 1 N–H and O–H groups in total. The van der Waals surface area contributed by atoms with Gasteiger partial charge in [0.05, 0.1) is 11.0 Å². The average Bonchev–Trinajstić information content (AvgIpc) is 3.54. The Morgan fingerprint density at radius 1 is 1.31 bits per heavy atom. The minimum atomic E-state index is -2.71. The van der Waals surface area contributed by atoms with Crippen molar-refractivity contribution in [2.24, 2.45) is 5.41 Å². The number of pyridine rings is 1. The van der Waals surface area contributed by atoms with Gasteiger partial charge in [0.2, 0.25) is 0 Å². The van der Waals surface area contributed by atoms with Crippen molar-refractivity contribution in [3.05, 3.63) is 53.5 Å². The Labute approximate surface area is 189 Å². The third-order valence-electron chi connectivity index (χ3n) is 5.45. The summed E-state index contributed by atoms with van der Waals surface area (Å²) in [5.41, 5.74) is 2.37. The average molecular weight is 457 g/mol. The number of hydrogen-bond donors (Lipinski definition) is 1. The number of fused-ring (bicyclic) bond motifs is 1. The van der Waals surface area contributed by atoms with Crippen LogP contribution in [0.4, 0.5) is 8.78 Å². The van der Waals surface area contributed by atoms with Crippen LogP contribution in [0, 0.1) is 16.7 Å². The summed E-state index contributed by atoms with van der Waals surface area (Å²) in [5, 5.41) is 10.7. The normalized spacial score (nSPS) is 15.3. The van der Waals surface area contributed by atoms with Crippen LogP contribution in [0.5, 0.6) is 0 Å². The zero-order valence-electron chi connectivity index (χ0n) is 18.4. The molecular formula is C24H26F2N4OS. The molecule has 32 heavy (non-hydrogen) atoms. The van der Waals surface area contributed by atoms with E-state index in [4.69, 9.17) is 0 Å². The second kappa shape index (κ2) is 8.72. The Hall–Kier alpha value is -2.63. The molecule has 0 saturated heterocycles. The van der Waals surface area contributed by atoms with Gasteiger partial charge in [0.15, 0.2) is 0 Å². The first-order valence-electron chi connectivity index (χ1n) is 10.6. The predicted molar refractivity (Wildman–Crippen MR) is 122 cm³/mol. The van der Waals surface area contributed by atoms with E-state index in [1.807, 2.05) is 24.4 Å². The van der Waals surface area contributed by atoms with E-state index in [0.29, 0.717) is 12.1 Å². The lowest BCUT2D eigenvalue weighted by Gasteiger charge is -2.20. The number of rotatable bonds is 7. The number of nitriles is 1. The van der Waals surface area contributed by atoms with E-state index in [0.717, 1.165) is 35.9 Å². The molecule has 1 atom stereocenters. The summed E-state index contributed by atoms with van der Waals surface area (Å²) in [6.45, 7) is 7.58. The highest BCUT2D eigenvalue weighted by atomic mass is 32.2. The lowest BCUT2D eigenvalue weighted by molar-refractivity contribution is 0.152. The van der Waals surface area contributed by atoms with Crippen LogP contribution in [0.3, 0.4) is 0 Å². The summed E-state index contributed by atoms with van der Waals surface area (Å²) in [6, 6.07) is 8.72. The maximum Gasteiger partial charge on any atom is 0.264 e. The molecule has 4 rings (SSSR count). The summed E-state index contributed by atoms with van der Waals surface area (Å²) in [6.07, 6.45) is 2.56. The highest BCUT2D eigenvalue weighted by Crippen LogP contribution is 2.36. The Morgan fingerprint density at radius 2 is 2.06 bits per heavy atom. The van der Waals surface area contributed by atoms with Crippen LogP contribution in [0.25, 0.3) is 22.0 Å². The maximum atomic E-state index is 13.7. The van der Waals surface area contributed by atoms with E-state index in [-0.39, 0.29) is 27.5 Å². The van der Waals surface area contributed by atoms with Crippen LogP contribution >= 0.6 is 0 Å². The van der Waals surface area contributed by atoms with Gasteiger partial charge in [0.1, 0.15) is 11.8 Å². The van der Waals surface area contributed by atoms with Crippen molar-refractivity contribution in [3.8, 4) is 17.2 Å². The Balaban J connectivity index is 1.82. The van der Waals surface area contributed by atoms with Gasteiger partial charge in [-0.25, -0.2) is 22.7 Å². The van der Waals surface area contributed by atoms with Gasteiger partial charge >= 0.3 is 0 Å². The zero-order valence-corrected chi connectivity index (χ0v) is 19.2. The minimum absolute atomic E-state index is 0.0102. The topological polar surface area (TPSA) is 70.7 Å². The fourth-order valence-electron chi connectivity index (χ4n) is 3.90. The van der Waals surface area contributed by atoms with Crippen molar-refractivity contribution in [3.63, 3.8) is 0 Å². The Bertz CT molecular complexity index is 1220. The van der Waals surface area contributed by atoms with E-state index in [2.05, 4.69) is 35.0 Å². The number of aromatic nitrogens is 2. The van der Waals surface area contributed by atoms with Gasteiger partial charge in [-0.05, 0) is 41.5 Å². The molecule has 0 aliphatic heterocycles. The standard InChI is InChI=1S/C24H26F2N4OS/c1-24(2,3)14-30-13-16(12-29-32(31)17-5-6-17)18-7-4-15(10-21(18)30)22-19(23(25)26)8-9-28-20(22)11-27/h4,7-10,13,17,23,29H,5-6,12,14H2,1-3H3. The van der Waals surface area contributed by atoms with Gasteiger partial charge in [-0.1, -0.05) is 32.9 Å². The summed E-state index contributed by atoms with van der Waals surface area (Å²) >= 11 is 0. The number of benzene rings is 1. The lowest BCUT2D eigenvalue weighted by atomic mass is 9.96.